The minimum Gasteiger partial charge on any atom is -0.467 e. The Balaban J connectivity index is 1.96. The minimum absolute atomic E-state index is 0.0740. The number of hydrogen-bond acceptors (Lipinski definition) is 4. The van der Waals surface area contributed by atoms with Crippen LogP contribution in [0.15, 0.2) is 58.0 Å². The van der Waals surface area contributed by atoms with Crippen molar-refractivity contribution in [1.29, 1.82) is 0 Å². The Hall–Kier alpha value is -1.73. The normalized spacial score (nSPS) is 18.2. The largest absolute Gasteiger partial charge is 0.467 e. The van der Waals surface area contributed by atoms with Crippen molar-refractivity contribution in [3.8, 4) is 0 Å². The van der Waals surface area contributed by atoms with Crippen molar-refractivity contribution in [2.75, 3.05) is 0 Å². The first-order valence-electron chi connectivity index (χ1n) is 8.40. The van der Waals surface area contributed by atoms with Gasteiger partial charge in [-0.25, -0.2) is 8.42 Å². The predicted molar refractivity (Wildman–Crippen MR) is 90.0 cm³/mol. The number of furan rings is 1. The third kappa shape index (κ3) is 3.62. The van der Waals surface area contributed by atoms with Gasteiger partial charge in [0.15, 0.2) is 0 Å². The van der Waals surface area contributed by atoms with Crippen LogP contribution in [0.1, 0.15) is 43.9 Å². The van der Waals surface area contributed by atoms with Gasteiger partial charge in [-0.05, 0) is 37.1 Å². The first-order chi connectivity index (χ1) is 11.9. The fourth-order valence-corrected chi connectivity index (χ4v) is 4.54. The second-order valence-corrected chi connectivity index (χ2v) is 8.35. The van der Waals surface area contributed by atoms with Crippen molar-refractivity contribution < 1.29 is 21.6 Å². The lowest BCUT2D eigenvalue weighted by molar-refractivity contribution is 0.0305. The summed E-state index contributed by atoms with van der Waals surface area (Å²) in [5, 5.41) is -1.19. The summed E-state index contributed by atoms with van der Waals surface area (Å²) in [4.78, 5) is -0.401. The Kier molecular flexibility index (Phi) is 5.24. The summed E-state index contributed by atoms with van der Waals surface area (Å²) < 4.78 is 60.7. The van der Waals surface area contributed by atoms with Crippen molar-refractivity contribution in [2.45, 2.75) is 54.3 Å². The molecular weight excluding hydrogens is 348 g/mol. The summed E-state index contributed by atoms with van der Waals surface area (Å²) in [6.07, 6.45) is 5.73. The van der Waals surface area contributed by atoms with Crippen LogP contribution in [0.2, 0.25) is 0 Å². The average Bonchev–Trinajstić information content (AvgIpc) is 3.15. The van der Waals surface area contributed by atoms with Gasteiger partial charge in [-0.15, -0.1) is 0 Å². The van der Waals surface area contributed by atoms with Crippen LogP contribution >= 0.6 is 0 Å². The van der Waals surface area contributed by atoms with Crippen molar-refractivity contribution in [3.63, 3.8) is 0 Å². The highest BCUT2D eigenvalue weighted by atomic mass is 32.2. The van der Waals surface area contributed by atoms with Gasteiger partial charge < -0.3 is 4.42 Å². The van der Waals surface area contributed by atoms with Crippen LogP contribution in [0.4, 0.5) is 8.78 Å². The van der Waals surface area contributed by atoms with E-state index in [1.165, 1.54) is 42.7 Å². The van der Waals surface area contributed by atoms with Crippen molar-refractivity contribution in [2.24, 2.45) is 0 Å². The van der Waals surface area contributed by atoms with Gasteiger partial charge in [0.25, 0.3) is 0 Å². The van der Waals surface area contributed by atoms with E-state index in [1.54, 1.807) is 6.07 Å². The molecule has 1 N–H and O–H groups in total. The lowest BCUT2D eigenvalue weighted by atomic mass is 9.94. The molecule has 1 aliphatic carbocycles. The maximum absolute atomic E-state index is 15.2. The second-order valence-electron chi connectivity index (χ2n) is 6.33. The van der Waals surface area contributed by atoms with Crippen molar-refractivity contribution >= 4 is 9.84 Å². The van der Waals surface area contributed by atoms with Crippen LogP contribution in [0, 0.1) is 0 Å². The lowest BCUT2D eigenvalue weighted by Gasteiger charge is -2.31. The molecule has 2 aromatic rings. The zero-order valence-corrected chi connectivity index (χ0v) is 14.5. The highest BCUT2D eigenvalue weighted by molar-refractivity contribution is 7.92. The van der Waals surface area contributed by atoms with E-state index in [1.807, 2.05) is 0 Å². The molecule has 4 nitrogen and oxygen atoms in total. The van der Waals surface area contributed by atoms with Crippen molar-refractivity contribution in [3.05, 3.63) is 54.5 Å². The number of rotatable bonds is 6. The van der Waals surface area contributed by atoms with Crippen LogP contribution in [-0.4, -0.2) is 19.7 Å². The molecule has 1 aromatic heterocycles. The molecule has 0 radical (unpaired) electrons. The first-order valence-corrected chi connectivity index (χ1v) is 9.88. The standard InChI is InChI=1S/C18H21F2NO3S/c19-18(20,25(22,23)15-10-5-2-6-11-15)17(16-12-7-13-24-16)21-14-8-3-1-4-9-14/h2,5-7,10-14,17,21H,1,3-4,8-9H2. The maximum atomic E-state index is 15.2. The summed E-state index contributed by atoms with van der Waals surface area (Å²) in [6, 6.07) is 7.80. The van der Waals surface area contributed by atoms with E-state index in [0.29, 0.717) is 0 Å². The SMILES string of the molecule is O=S(=O)(c1ccccc1)C(F)(F)C(NC1CCCCC1)c1ccco1. The van der Waals surface area contributed by atoms with E-state index in [0.717, 1.165) is 32.1 Å². The molecule has 0 saturated heterocycles. The van der Waals surface area contributed by atoms with Gasteiger partial charge in [0.1, 0.15) is 11.8 Å². The quantitative estimate of drug-likeness (QED) is 0.824. The van der Waals surface area contributed by atoms with E-state index in [9.17, 15) is 8.42 Å². The smallest absolute Gasteiger partial charge is 0.371 e. The maximum Gasteiger partial charge on any atom is 0.371 e. The molecule has 1 unspecified atom stereocenters. The van der Waals surface area contributed by atoms with Gasteiger partial charge in [0, 0.05) is 6.04 Å². The fraction of sp³-hybridized carbons (Fsp3) is 0.444. The molecule has 1 aliphatic rings. The van der Waals surface area contributed by atoms with E-state index in [2.05, 4.69) is 5.32 Å². The van der Waals surface area contributed by atoms with Gasteiger partial charge >= 0.3 is 5.25 Å². The van der Waals surface area contributed by atoms with Gasteiger partial charge in [-0.3, -0.25) is 5.32 Å². The minimum atomic E-state index is -4.87. The molecule has 1 atom stereocenters. The molecule has 0 bridgehead atoms. The predicted octanol–water partition coefficient (Wildman–Crippen LogP) is 4.31. The summed E-state index contributed by atoms with van der Waals surface area (Å²) in [6.45, 7) is 0. The Morgan fingerprint density at radius 2 is 1.72 bits per heavy atom. The highest BCUT2D eigenvalue weighted by Crippen LogP contribution is 2.41. The molecule has 7 heteroatoms. The second kappa shape index (κ2) is 7.25. The molecule has 3 rings (SSSR count). The molecule has 1 saturated carbocycles. The molecule has 1 heterocycles. The molecule has 0 aliphatic heterocycles. The molecule has 136 valence electrons. The molecule has 0 amide bonds. The number of alkyl halides is 2. The van der Waals surface area contributed by atoms with E-state index >= 15 is 8.78 Å². The summed E-state index contributed by atoms with van der Waals surface area (Å²) in [7, 11) is -4.87. The van der Waals surface area contributed by atoms with Gasteiger partial charge in [0.05, 0.1) is 11.2 Å². The zero-order chi connectivity index (χ0) is 17.9. The Morgan fingerprint density at radius 3 is 2.32 bits per heavy atom. The zero-order valence-electron chi connectivity index (χ0n) is 13.7. The average molecular weight is 369 g/mol. The third-order valence-corrected chi connectivity index (χ3v) is 6.43. The first kappa shape index (κ1) is 18.1. The van der Waals surface area contributed by atoms with E-state index in [-0.39, 0.29) is 11.8 Å². The van der Waals surface area contributed by atoms with Crippen LogP contribution in [0.5, 0.6) is 0 Å². The number of benzene rings is 1. The molecule has 1 fully saturated rings. The van der Waals surface area contributed by atoms with E-state index in [4.69, 9.17) is 4.42 Å². The van der Waals surface area contributed by atoms with Crippen LogP contribution < -0.4 is 5.32 Å². The van der Waals surface area contributed by atoms with E-state index < -0.39 is 26.0 Å². The van der Waals surface area contributed by atoms with Gasteiger partial charge in [-0.1, -0.05) is 37.5 Å². The van der Waals surface area contributed by atoms with Crippen LogP contribution in [0.3, 0.4) is 0 Å². The number of halogens is 2. The molecule has 25 heavy (non-hydrogen) atoms. The van der Waals surface area contributed by atoms with Crippen LogP contribution in [0.25, 0.3) is 0 Å². The third-order valence-electron chi connectivity index (χ3n) is 4.58. The summed E-state index contributed by atoms with van der Waals surface area (Å²) in [5.41, 5.74) is 0. The Labute approximate surface area is 146 Å². The van der Waals surface area contributed by atoms with Crippen LogP contribution in [-0.2, 0) is 9.84 Å². The topological polar surface area (TPSA) is 59.3 Å². The lowest BCUT2D eigenvalue weighted by Crippen LogP contribution is -2.47. The molecule has 1 aromatic carbocycles. The molecule has 0 spiro atoms. The summed E-state index contributed by atoms with van der Waals surface area (Å²) in [5.74, 6) is -0.0740. The summed E-state index contributed by atoms with van der Waals surface area (Å²) >= 11 is 0. The van der Waals surface area contributed by atoms with Gasteiger partial charge in [0.2, 0.25) is 9.84 Å². The fourth-order valence-electron chi connectivity index (χ4n) is 3.22. The number of sulfone groups is 1. The molecular formula is C18H21F2NO3S. The van der Waals surface area contributed by atoms with Crippen molar-refractivity contribution in [1.82, 2.24) is 5.32 Å². The number of nitrogens with one attached hydrogen (secondary N) is 1. The van der Waals surface area contributed by atoms with Gasteiger partial charge in [-0.2, -0.15) is 8.78 Å². The Bertz CT molecular complexity index is 770. The number of hydrogen-bond donors (Lipinski definition) is 1. The Morgan fingerprint density at radius 1 is 1.04 bits per heavy atom. The monoisotopic (exact) mass is 369 g/mol. The highest BCUT2D eigenvalue weighted by Gasteiger charge is 2.55.